The summed E-state index contributed by atoms with van der Waals surface area (Å²) in [5.41, 5.74) is 10.2. The average Bonchev–Trinajstić information content (AvgIpc) is 3.18. The number of aromatic nitrogens is 4. The number of nitrogens with two attached hydrogens (primary N) is 1. The molecular weight excluding hydrogens is 542 g/mol. The zero-order valence-corrected chi connectivity index (χ0v) is 25.3. The van der Waals surface area contributed by atoms with Gasteiger partial charge < -0.3 is 20.7 Å². The van der Waals surface area contributed by atoms with Crippen LogP contribution in [-0.4, -0.2) is 56.3 Å². The lowest BCUT2D eigenvalue weighted by atomic mass is 10.1. The van der Waals surface area contributed by atoms with Gasteiger partial charge in [-0.2, -0.15) is 0 Å². The second-order valence-corrected chi connectivity index (χ2v) is 10.4. The van der Waals surface area contributed by atoms with E-state index < -0.39 is 0 Å². The molecule has 0 aliphatic heterocycles. The molecule has 2 amide bonds. The maximum Gasteiger partial charge on any atom is 0.256 e. The third kappa shape index (κ3) is 8.26. The smallest absolute Gasteiger partial charge is 0.256 e. The van der Waals surface area contributed by atoms with Gasteiger partial charge in [-0.05, 0) is 48.6 Å². The molecule has 4 rings (SSSR count). The molecule has 0 saturated carbocycles. The Morgan fingerprint density at radius 1 is 1.16 bits per heavy atom. The zero-order valence-electron chi connectivity index (χ0n) is 25.3. The third-order valence-electron chi connectivity index (χ3n) is 7.13. The van der Waals surface area contributed by atoms with Crippen LogP contribution in [0.2, 0.25) is 0 Å². The molecule has 1 aliphatic carbocycles. The summed E-state index contributed by atoms with van der Waals surface area (Å²) in [5.74, 6) is 1.21. The lowest BCUT2D eigenvalue weighted by Crippen LogP contribution is -2.31. The van der Waals surface area contributed by atoms with Gasteiger partial charge in [-0.3, -0.25) is 14.0 Å². The van der Waals surface area contributed by atoms with Gasteiger partial charge in [0.15, 0.2) is 0 Å². The van der Waals surface area contributed by atoms with Gasteiger partial charge in [-0.25, -0.2) is 15.0 Å². The standard InChI is InChI=1S/C33H41N7O3/c1-4-6-7-19-39(29(41)13-9-21-43-3)23-28-38-30(31-32(34)36-18-20-40(28)31)25-11-8-12-26(15-14-25)33(42)37-27-22-24(10-5-2)16-17-35-27/h8-9,12-18,20,22H,4-7,10-11,19,21,23H2,1-3H3,(H2,34,36)(H,35,37,42)/b13-9+. The average molecular weight is 584 g/mol. The summed E-state index contributed by atoms with van der Waals surface area (Å²) in [5, 5.41) is 2.91. The van der Waals surface area contributed by atoms with Crippen LogP contribution >= 0.6 is 0 Å². The predicted molar refractivity (Wildman–Crippen MR) is 170 cm³/mol. The number of fused-ring (bicyclic) bond motifs is 1. The van der Waals surface area contributed by atoms with Crippen LogP contribution in [0.3, 0.4) is 0 Å². The van der Waals surface area contributed by atoms with Crippen molar-refractivity contribution in [3.05, 3.63) is 89.8 Å². The molecule has 0 spiro atoms. The third-order valence-corrected chi connectivity index (χ3v) is 7.13. The summed E-state index contributed by atoms with van der Waals surface area (Å²) < 4.78 is 6.97. The highest BCUT2D eigenvalue weighted by atomic mass is 16.5. The van der Waals surface area contributed by atoms with Gasteiger partial charge in [0.05, 0.1) is 18.8 Å². The van der Waals surface area contributed by atoms with Crippen LogP contribution in [0, 0.1) is 0 Å². The van der Waals surface area contributed by atoms with E-state index in [-0.39, 0.29) is 11.8 Å². The molecule has 3 N–H and O–H groups in total. The van der Waals surface area contributed by atoms with Crippen molar-refractivity contribution in [3.8, 4) is 0 Å². The van der Waals surface area contributed by atoms with E-state index >= 15 is 0 Å². The Bertz CT molecular complexity index is 1550. The van der Waals surface area contributed by atoms with E-state index in [1.807, 2.05) is 34.9 Å². The van der Waals surface area contributed by atoms with Gasteiger partial charge in [0.1, 0.15) is 23.0 Å². The Labute approximate surface area is 253 Å². The Hall–Kier alpha value is -4.57. The van der Waals surface area contributed by atoms with Crippen molar-refractivity contribution < 1.29 is 14.3 Å². The van der Waals surface area contributed by atoms with Gasteiger partial charge >= 0.3 is 0 Å². The number of carbonyl (C=O) groups excluding carboxylic acids is 2. The number of carbonyl (C=O) groups is 2. The van der Waals surface area contributed by atoms with E-state index in [9.17, 15) is 9.59 Å². The minimum atomic E-state index is -0.241. The number of ether oxygens (including phenoxy) is 1. The number of methoxy groups -OCH3 is 1. The minimum absolute atomic E-state index is 0.0987. The molecule has 1 aliphatic rings. The van der Waals surface area contributed by atoms with Crippen LogP contribution < -0.4 is 11.1 Å². The zero-order chi connectivity index (χ0) is 30.6. The molecule has 3 aromatic heterocycles. The van der Waals surface area contributed by atoms with E-state index in [2.05, 4.69) is 29.1 Å². The van der Waals surface area contributed by atoms with Gasteiger partial charge in [0.2, 0.25) is 5.91 Å². The Morgan fingerprint density at radius 3 is 2.81 bits per heavy atom. The van der Waals surface area contributed by atoms with Crippen LogP contribution in [-0.2, 0) is 27.3 Å². The van der Waals surface area contributed by atoms with Crippen LogP contribution in [0.1, 0.15) is 63.0 Å². The Kier molecular flexibility index (Phi) is 11.4. The van der Waals surface area contributed by atoms with Crippen LogP contribution in [0.4, 0.5) is 11.6 Å². The van der Waals surface area contributed by atoms with Crippen molar-refractivity contribution in [2.45, 2.75) is 58.9 Å². The highest BCUT2D eigenvalue weighted by Gasteiger charge is 2.21. The number of rotatable bonds is 14. The fraction of sp³-hybridized carbons (Fsp3) is 0.364. The largest absolute Gasteiger partial charge is 0.382 e. The number of anilines is 2. The first-order chi connectivity index (χ1) is 20.9. The summed E-state index contributed by atoms with van der Waals surface area (Å²) in [6, 6.07) is 3.86. The fourth-order valence-corrected chi connectivity index (χ4v) is 4.93. The molecule has 0 saturated heterocycles. The topological polar surface area (TPSA) is 128 Å². The molecule has 3 heterocycles. The first kappa shape index (κ1) is 31.4. The van der Waals surface area contributed by atoms with Gasteiger partial charge in [-0.1, -0.05) is 57.4 Å². The van der Waals surface area contributed by atoms with Crippen LogP contribution in [0.5, 0.6) is 0 Å². The predicted octanol–water partition coefficient (Wildman–Crippen LogP) is 5.29. The van der Waals surface area contributed by atoms with E-state index in [4.69, 9.17) is 15.5 Å². The molecule has 0 fully saturated rings. The number of nitrogen functional groups attached to an aromatic ring is 1. The summed E-state index contributed by atoms with van der Waals surface area (Å²) in [6.45, 7) is 5.53. The Morgan fingerprint density at radius 2 is 2.02 bits per heavy atom. The highest BCUT2D eigenvalue weighted by Crippen LogP contribution is 2.29. The Balaban J connectivity index is 1.62. The van der Waals surface area contributed by atoms with E-state index in [0.29, 0.717) is 60.4 Å². The summed E-state index contributed by atoms with van der Waals surface area (Å²) in [6.07, 6.45) is 21.3. The number of amides is 2. The van der Waals surface area contributed by atoms with Crippen LogP contribution in [0.15, 0.2) is 72.8 Å². The number of aryl methyl sites for hydroxylation is 1. The summed E-state index contributed by atoms with van der Waals surface area (Å²) in [7, 11) is 1.59. The lowest BCUT2D eigenvalue weighted by Gasteiger charge is -2.20. The van der Waals surface area contributed by atoms with Gasteiger partial charge in [0, 0.05) is 43.9 Å². The van der Waals surface area contributed by atoms with Gasteiger partial charge in [0.25, 0.3) is 5.91 Å². The molecule has 10 nitrogen and oxygen atoms in total. The SMILES string of the molecule is CCCCCN(Cc1nc(C2=CC=C(C(=O)Nc3cc(CCC)ccn3)C=CC2)c2c(N)nccn12)C(=O)/C=C/COC. The quantitative estimate of drug-likeness (QED) is 0.195. The second kappa shape index (κ2) is 15.6. The van der Waals surface area contributed by atoms with E-state index in [0.717, 1.165) is 43.2 Å². The van der Waals surface area contributed by atoms with E-state index in [1.165, 1.54) is 0 Å². The molecule has 3 aromatic rings. The molecule has 0 aromatic carbocycles. The number of unbranched alkanes of at least 4 members (excludes halogenated alkanes) is 2. The highest BCUT2D eigenvalue weighted by molar-refractivity contribution is 6.06. The minimum Gasteiger partial charge on any atom is -0.382 e. The molecule has 0 bridgehead atoms. The summed E-state index contributed by atoms with van der Waals surface area (Å²) >= 11 is 0. The number of nitrogens with zero attached hydrogens (tertiary/aromatic N) is 5. The van der Waals surface area contributed by atoms with Crippen molar-refractivity contribution in [1.82, 2.24) is 24.3 Å². The van der Waals surface area contributed by atoms with Crippen LogP contribution in [0.25, 0.3) is 11.1 Å². The van der Waals surface area contributed by atoms with Crippen molar-refractivity contribution >= 4 is 34.5 Å². The molecule has 0 radical (unpaired) electrons. The molecule has 0 atom stereocenters. The second-order valence-electron chi connectivity index (χ2n) is 10.4. The van der Waals surface area contributed by atoms with Gasteiger partial charge in [-0.15, -0.1) is 0 Å². The number of pyridine rings is 1. The van der Waals surface area contributed by atoms with Crippen molar-refractivity contribution in [1.29, 1.82) is 0 Å². The molecule has 0 unspecified atom stereocenters. The van der Waals surface area contributed by atoms with Crippen molar-refractivity contribution in [2.24, 2.45) is 0 Å². The van der Waals surface area contributed by atoms with E-state index in [1.54, 1.807) is 48.7 Å². The first-order valence-electron chi connectivity index (χ1n) is 14.8. The molecule has 43 heavy (non-hydrogen) atoms. The number of allylic oxidation sites excluding steroid dienone is 4. The monoisotopic (exact) mass is 583 g/mol. The normalized spacial score (nSPS) is 13.2. The number of hydrogen-bond acceptors (Lipinski definition) is 7. The maximum atomic E-state index is 13.1. The number of imidazole rings is 1. The maximum absolute atomic E-state index is 13.1. The number of hydrogen-bond donors (Lipinski definition) is 2. The molecule has 226 valence electrons. The first-order valence-corrected chi connectivity index (χ1v) is 14.8. The lowest BCUT2D eigenvalue weighted by molar-refractivity contribution is -0.126. The number of nitrogens with one attached hydrogen (secondary N) is 1. The molecule has 10 heteroatoms. The molecular formula is C33H41N7O3. The fourth-order valence-electron chi connectivity index (χ4n) is 4.93. The summed E-state index contributed by atoms with van der Waals surface area (Å²) in [4.78, 5) is 41.6. The van der Waals surface area contributed by atoms with Crippen molar-refractivity contribution in [2.75, 3.05) is 31.3 Å². The van der Waals surface area contributed by atoms with Crippen molar-refractivity contribution in [3.63, 3.8) is 0 Å².